The molecule has 3 aromatic rings. The van der Waals surface area contributed by atoms with Crippen LogP contribution in [0.3, 0.4) is 0 Å². The van der Waals surface area contributed by atoms with E-state index in [0.29, 0.717) is 48.1 Å². The first-order chi connectivity index (χ1) is 16.1. The number of carbonyl (C=O) groups is 2. The van der Waals surface area contributed by atoms with Gasteiger partial charge in [0.15, 0.2) is 23.9 Å². The first kappa shape index (κ1) is 23.5. The maximum Gasteiger partial charge on any atom is 0.340 e. The van der Waals surface area contributed by atoms with E-state index in [1.807, 2.05) is 11.5 Å². The van der Waals surface area contributed by atoms with Crippen LogP contribution in [-0.4, -0.2) is 44.6 Å². The lowest BCUT2D eigenvalue weighted by molar-refractivity contribution is 0.0473. The summed E-state index contributed by atoms with van der Waals surface area (Å²) in [6.45, 7) is 4.51. The Kier molecular flexibility index (Phi) is 6.45. The SMILES string of the molecule is Cc1cc(C(=O)OCC(=O)c2ccc3c(c2)OCCO3)c(C)n1Cc1ccc(S(N)(=O)=O)cc1. The Labute approximate surface area is 197 Å². The summed E-state index contributed by atoms with van der Waals surface area (Å²) in [6, 6.07) is 12.8. The van der Waals surface area contributed by atoms with E-state index in [1.165, 1.54) is 12.1 Å². The second-order valence-electron chi connectivity index (χ2n) is 7.92. The third kappa shape index (κ3) is 4.97. The normalized spacial score (nSPS) is 12.9. The number of nitrogens with two attached hydrogens (primary N) is 1. The fourth-order valence-electron chi connectivity index (χ4n) is 3.73. The maximum absolute atomic E-state index is 12.7. The van der Waals surface area contributed by atoms with Crippen molar-refractivity contribution >= 4 is 21.8 Å². The van der Waals surface area contributed by atoms with E-state index in [2.05, 4.69) is 0 Å². The van der Waals surface area contributed by atoms with Gasteiger partial charge in [-0.15, -0.1) is 0 Å². The standard InChI is InChI=1S/C24H24N2O7S/c1-15-11-20(16(2)26(15)13-17-3-6-19(7-4-17)34(25,29)30)24(28)33-14-21(27)18-5-8-22-23(12-18)32-10-9-31-22/h3-8,11-12H,9-10,13-14H2,1-2H3,(H2,25,29,30). The molecule has 2 aromatic carbocycles. The number of rotatable bonds is 7. The fourth-order valence-corrected chi connectivity index (χ4v) is 4.24. The van der Waals surface area contributed by atoms with Crippen molar-refractivity contribution < 1.29 is 32.2 Å². The monoisotopic (exact) mass is 484 g/mol. The van der Waals surface area contributed by atoms with Gasteiger partial charge in [0.05, 0.1) is 10.5 Å². The Morgan fingerprint density at radius 3 is 2.35 bits per heavy atom. The molecular weight excluding hydrogens is 460 g/mol. The average Bonchev–Trinajstić information content (AvgIpc) is 3.10. The first-order valence-electron chi connectivity index (χ1n) is 10.5. The minimum Gasteiger partial charge on any atom is -0.486 e. The van der Waals surface area contributed by atoms with Crippen LogP contribution in [0.1, 0.15) is 37.7 Å². The number of sulfonamides is 1. The lowest BCUT2D eigenvalue weighted by Gasteiger charge is -2.18. The molecular formula is C24H24N2O7S. The fraction of sp³-hybridized carbons (Fsp3) is 0.250. The lowest BCUT2D eigenvalue weighted by Crippen LogP contribution is -2.17. The predicted octanol–water partition coefficient (Wildman–Crippen LogP) is 2.61. The highest BCUT2D eigenvalue weighted by molar-refractivity contribution is 7.89. The minimum atomic E-state index is -3.76. The summed E-state index contributed by atoms with van der Waals surface area (Å²) < 4.78 is 41.0. The Hall–Kier alpha value is -3.63. The summed E-state index contributed by atoms with van der Waals surface area (Å²) in [4.78, 5) is 25.3. The third-order valence-corrected chi connectivity index (χ3v) is 6.51. The Morgan fingerprint density at radius 1 is 1.00 bits per heavy atom. The molecule has 1 aliphatic rings. The number of benzene rings is 2. The van der Waals surface area contributed by atoms with Crippen molar-refractivity contribution in [1.82, 2.24) is 4.57 Å². The van der Waals surface area contributed by atoms with Crippen LogP contribution < -0.4 is 14.6 Å². The molecule has 4 rings (SSSR count). The molecule has 0 amide bonds. The van der Waals surface area contributed by atoms with Gasteiger partial charge in [0.1, 0.15) is 13.2 Å². The van der Waals surface area contributed by atoms with Crippen molar-refractivity contribution in [3.8, 4) is 11.5 Å². The predicted molar refractivity (Wildman–Crippen MR) is 123 cm³/mol. The van der Waals surface area contributed by atoms with Crippen molar-refractivity contribution in [2.24, 2.45) is 5.14 Å². The van der Waals surface area contributed by atoms with Crippen molar-refractivity contribution in [2.75, 3.05) is 19.8 Å². The molecule has 178 valence electrons. The molecule has 0 bridgehead atoms. The van der Waals surface area contributed by atoms with Crippen LogP contribution in [0.2, 0.25) is 0 Å². The highest BCUT2D eigenvalue weighted by Gasteiger charge is 2.20. The smallest absolute Gasteiger partial charge is 0.340 e. The molecule has 0 fully saturated rings. The highest BCUT2D eigenvalue weighted by Crippen LogP contribution is 2.31. The third-order valence-electron chi connectivity index (χ3n) is 5.58. The zero-order valence-electron chi connectivity index (χ0n) is 18.7. The van der Waals surface area contributed by atoms with E-state index < -0.39 is 22.6 Å². The van der Waals surface area contributed by atoms with Crippen molar-refractivity contribution in [2.45, 2.75) is 25.3 Å². The van der Waals surface area contributed by atoms with Crippen LogP contribution in [0.25, 0.3) is 0 Å². The number of hydrogen-bond donors (Lipinski definition) is 1. The number of hydrogen-bond acceptors (Lipinski definition) is 7. The molecule has 0 saturated carbocycles. The largest absolute Gasteiger partial charge is 0.486 e. The molecule has 10 heteroatoms. The van der Waals surface area contributed by atoms with Gasteiger partial charge in [-0.3, -0.25) is 4.79 Å². The van der Waals surface area contributed by atoms with Crippen molar-refractivity contribution in [3.63, 3.8) is 0 Å². The van der Waals surface area contributed by atoms with Gasteiger partial charge >= 0.3 is 5.97 Å². The van der Waals surface area contributed by atoms with Gasteiger partial charge in [-0.25, -0.2) is 18.4 Å². The molecule has 2 N–H and O–H groups in total. The number of ether oxygens (including phenoxy) is 3. The van der Waals surface area contributed by atoms with E-state index in [1.54, 1.807) is 43.3 Å². The Balaban J connectivity index is 1.43. The molecule has 34 heavy (non-hydrogen) atoms. The van der Waals surface area contributed by atoms with E-state index in [4.69, 9.17) is 19.3 Å². The molecule has 0 saturated heterocycles. The van der Waals surface area contributed by atoms with Gasteiger partial charge in [0.25, 0.3) is 0 Å². The molecule has 1 aliphatic heterocycles. The Morgan fingerprint density at radius 2 is 1.68 bits per heavy atom. The number of aryl methyl sites for hydroxylation is 1. The van der Waals surface area contributed by atoms with Crippen LogP contribution >= 0.6 is 0 Å². The molecule has 0 aliphatic carbocycles. The summed E-state index contributed by atoms with van der Waals surface area (Å²) in [6.07, 6.45) is 0. The molecule has 0 atom stereocenters. The van der Waals surface area contributed by atoms with Gasteiger partial charge in [0, 0.05) is 23.5 Å². The summed E-state index contributed by atoms with van der Waals surface area (Å²) in [5, 5.41) is 5.14. The summed E-state index contributed by atoms with van der Waals surface area (Å²) in [7, 11) is -3.76. The topological polar surface area (TPSA) is 127 Å². The molecule has 0 radical (unpaired) electrons. The minimum absolute atomic E-state index is 0.0316. The molecule has 1 aromatic heterocycles. The van der Waals surface area contributed by atoms with Crippen LogP contribution in [0.15, 0.2) is 53.4 Å². The van der Waals surface area contributed by atoms with Gasteiger partial charge < -0.3 is 18.8 Å². The van der Waals surface area contributed by atoms with E-state index >= 15 is 0 Å². The summed E-state index contributed by atoms with van der Waals surface area (Å²) in [5.74, 6) is 0.111. The highest BCUT2D eigenvalue weighted by atomic mass is 32.2. The second kappa shape index (κ2) is 9.32. The quantitative estimate of drug-likeness (QED) is 0.403. The zero-order valence-corrected chi connectivity index (χ0v) is 19.6. The van der Waals surface area contributed by atoms with Gasteiger partial charge in [-0.2, -0.15) is 0 Å². The summed E-state index contributed by atoms with van der Waals surface area (Å²) in [5.41, 5.74) is 3.05. The maximum atomic E-state index is 12.7. The van der Waals surface area contributed by atoms with Crippen LogP contribution in [0, 0.1) is 13.8 Å². The van der Waals surface area contributed by atoms with Gasteiger partial charge in [0.2, 0.25) is 10.0 Å². The number of Topliss-reactive ketones (excluding diaryl/α,β-unsaturated/α-hetero) is 1. The first-order valence-corrected chi connectivity index (χ1v) is 12.1. The molecule has 2 heterocycles. The van der Waals surface area contributed by atoms with Crippen LogP contribution in [-0.2, 0) is 21.3 Å². The number of nitrogens with zero attached hydrogens (tertiary/aromatic N) is 1. The number of primary sulfonamides is 1. The summed E-state index contributed by atoms with van der Waals surface area (Å²) >= 11 is 0. The van der Waals surface area contributed by atoms with Crippen LogP contribution in [0.5, 0.6) is 11.5 Å². The average molecular weight is 485 g/mol. The van der Waals surface area contributed by atoms with E-state index in [0.717, 1.165) is 11.3 Å². The number of aromatic nitrogens is 1. The zero-order chi connectivity index (χ0) is 24.5. The van der Waals surface area contributed by atoms with Gasteiger partial charge in [-0.1, -0.05) is 12.1 Å². The van der Waals surface area contributed by atoms with E-state index in [9.17, 15) is 18.0 Å². The number of carbonyl (C=O) groups excluding carboxylic acids is 2. The Bertz CT molecular complexity index is 1360. The second-order valence-corrected chi connectivity index (χ2v) is 9.48. The molecule has 0 spiro atoms. The van der Waals surface area contributed by atoms with E-state index in [-0.39, 0.29) is 10.7 Å². The molecule has 9 nitrogen and oxygen atoms in total. The van der Waals surface area contributed by atoms with Crippen LogP contribution in [0.4, 0.5) is 0 Å². The van der Waals surface area contributed by atoms with Gasteiger partial charge in [-0.05, 0) is 55.8 Å². The molecule has 0 unspecified atom stereocenters. The van der Waals surface area contributed by atoms with Crippen molar-refractivity contribution in [1.29, 1.82) is 0 Å². The van der Waals surface area contributed by atoms with Crippen molar-refractivity contribution in [3.05, 3.63) is 76.6 Å². The number of fused-ring (bicyclic) bond motifs is 1. The number of esters is 1. The lowest BCUT2D eigenvalue weighted by atomic mass is 10.1. The number of ketones is 1.